The van der Waals surface area contributed by atoms with E-state index in [0.29, 0.717) is 0 Å². The third-order valence-electron chi connectivity index (χ3n) is 2.61. The van der Waals surface area contributed by atoms with E-state index in [1.165, 1.54) is 6.92 Å². The van der Waals surface area contributed by atoms with Gasteiger partial charge in [-0.1, -0.05) is 0 Å². The van der Waals surface area contributed by atoms with Crippen LogP contribution in [0.3, 0.4) is 0 Å². The summed E-state index contributed by atoms with van der Waals surface area (Å²) >= 11 is 0. The number of carboxylic acid groups (broad SMARTS) is 1. The number of hydrogen-bond acceptors (Lipinski definition) is 6. The van der Waals surface area contributed by atoms with Gasteiger partial charge in [-0.3, -0.25) is 14.7 Å². The molecule has 0 aliphatic rings. The van der Waals surface area contributed by atoms with Gasteiger partial charge in [0.15, 0.2) is 0 Å². The number of hydrogen-bond donors (Lipinski definition) is 3. The molecule has 0 amide bonds. The van der Waals surface area contributed by atoms with Crippen molar-refractivity contribution in [3.63, 3.8) is 0 Å². The number of aryl methyl sites for hydroxylation is 1. The van der Waals surface area contributed by atoms with Crippen molar-refractivity contribution >= 4 is 22.0 Å². The highest BCUT2D eigenvalue weighted by Gasteiger charge is 2.27. The molecule has 1 aromatic rings. The summed E-state index contributed by atoms with van der Waals surface area (Å²) < 4.78 is 30.8. The molecule has 1 atom stereocenters. The molecular formula is C11H17N3O6S. The van der Waals surface area contributed by atoms with Crippen molar-refractivity contribution < 1.29 is 27.9 Å². The molecule has 118 valence electrons. The van der Waals surface area contributed by atoms with Crippen LogP contribution in [0.5, 0.6) is 0 Å². The lowest BCUT2D eigenvalue weighted by molar-refractivity contribution is -0.144. The molecule has 0 spiro atoms. The largest absolute Gasteiger partial charge is 0.480 e. The molecule has 1 aromatic heterocycles. The van der Waals surface area contributed by atoms with Crippen LogP contribution in [0.25, 0.3) is 0 Å². The number of ether oxygens (including phenoxy) is 1. The van der Waals surface area contributed by atoms with Crippen LogP contribution in [0.1, 0.15) is 25.5 Å². The van der Waals surface area contributed by atoms with E-state index in [1.807, 2.05) is 4.72 Å². The topological polar surface area (TPSA) is 138 Å². The summed E-state index contributed by atoms with van der Waals surface area (Å²) in [6.45, 7) is 3.30. The maximum Gasteiger partial charge on any atom is 0.321 e. The van der Waals surface area contributed by atoms with Gasteiger partial charge in [0.05, 0.1) is 18.5 Å². The molecule has 21 heavy (non-hydrogen) atoms. The van der Waals surface area contributed by atoms with Crippen LogP contribution < -0.4 is 4.72 Å². The first-order valence-electron chi connectivity index (χ1n) is 6.18. The lowest BCUT2D eigenvalue weighted by atomic mass is 10.2. The number of aromatic nitrogens is 2. The number of aliphatic carboxylic acids is 1. The fraction of sp³-hybridized carbons (Fsp3) is 0.545. The number of carbonyl (C=O) groups is 2. The van der Waals surface area contributed by atoms with Crippen molar-refractivity contribution in [3.05, 3.63) is 11.9 Å². The number of carbonyl (C=O) groups excluding carboxylic acids is 1. The Morgan fingerprint density at radius 2 is 2.19 bits per heavy atom. The van der Waals surface area contributed by atoms with Crippen LogP contribution in [0, 0.1) is 6.92 Å². The summed E-state index contributed by atoms with van der Waals surface area (Å²) in [5.74, 6) is -1.95. The molecule has 0 saturated carbocycles. The zero-order valence-corrected chi connectivity index (χ0v) is 12.4. The minimum Gasteiger partial charge on any atom is -0.480 e. The molecule has 10 heteroatoms. The molecule has 0 radical (unpaired) electrons. The third kappa shape index (κ3) is 4.83. The minimum atomic E-state index is -4.03. The van der Waals surface area contributed by atoms with Gasteiger partial charge in [0.25, 0.3) is 0 Å². The molecule has 0 unspecified atom stereocenters. The molecule has 0 aromatic carbocycles. The first kappa shape index (κ1) is 17.1. The Hall–Kier alpha value is -1.94. The summed E-state index contributed by atoms with van der Waals surface area (Å²) in [6, 6.07) is -1.42. The Labute approximate surface area is 121 Å². The average molecular weight is 319 g/mol. The predicted octanol–water partition coefficient (Wildman–Crippen LogP) is -0.207. The highest BCUT2D eigenvalue weighted by atomic mass is 32.2. The molecule has 3 N–H and O–H groups in total. The van der Waals surface area contributed by atoms with Crippen LogP contribution in [-0.4, -0.2) is 48.3 Å². The van der Waals surface area contributed by atoms with Crippen molar-refractivity contribution in [3.8, 4) is 0 Å². The molecular weight excluding hydrogens is 302 g/mol. The minimum absolute atomic E-state index is 0.134. The van der Waals surface area contributed by atoms with Crippen molar-refractivity contribution in [1.82, 2.24) is 14.9 Å². The lowest BCUT2D eigenvalue weighted by Crippen LogP contribution is -2.41. The van der Waals surface area contributed by atoms with Gasteiger partial charge in [-0.2, -0.15) is 9.82 Å². The van der Waals surface area contributed by atoms with Crippen LogP contribution in [-0.2, 0) is 24.3 Å². The van der Waals surface area contributed by atoms with E-state index in [0.717, 1.165) is 6.20 Å². The molecule has 0 saturated heterocycles. The van der Waals surface area contributed by atoms with Gasteiger partial charge in [-0.25, -0.2) is 8.42 Å². The summed E-state index contributed by atoms with van der Waals surface area (Å²) in [4.78, 5) is 22.2. The number of nitrogens with one attached hydrogen (secondary N) is 2. The van der Waals surface area contributed by atoms with Crippen LogP contribution >= 0.6 is 0 Å². The van der Waals surface area contributed by atoms with Crippen LogP contribution in [0.2, 0.25) is 0 Å². The Morgan fingerprint density at radius 1 is 1.52 bits per heavy atom. The SMILES string of the molecule is CCOC(=O)CC[C@H](NS(=O)(=O)c1cn[nH]c1C)C(=O)O. The van der Waals surface area contributed by atoms with Crippen molar-refractivity contribution in [1.29, 1.82) is 0 Å². The van der Waals surface area contributed by atoms with E-state index in [4.69, 9.17) is 5.11 Å². The van der Waals surface area contributed by atoms with Gasteiger partial charge in [-0.15, -0.1) is 0 Å². The fourth-order valence-corrected chi connectivity index (χ4v) is 2.95. The first-order valence-corrected chi connectivity index (χ1v) is 7.67. The Morgan fingerprint density at radius 3 is 2.67 bits per heavy atom. The predicted molar refractivity (Wildman–Crippen MR) is 70.9 cm³/mol. The highest BCUT2D eigenvalue weighted by molar-refractivity contribution is 7.89. The van der Waals surface area contributed by atoms with Gasteiger partial charge >= 0.3 is 11.9 Å². The number of nitrogens with zero attached hydrogens (tertiary/aromatic N) is 1. The zero-order chi connectivity index (χ0) is 16.0. The smallest absolute Gasteiger partial charge is 0.321 e. The molecule has 1 heterocycles. The molecule has 0 aliphatic heterocycles. The molecule has 9 nitrogen and oxygen atoms in total. The van der Waals surface area contributed by atoms with E-state index >= 15 is 0 Å². The van der Waals surface area contributed by atoms with Crippen molar-refractivity contribution in [2.75, 3.05) is 6.61 Å². The number of rotatable bonds is 8. The Kier molecular flexibility index (Phi) is 5.85. The van der Waals surface area contributed by atoms with E-state index in [-0.39, 0.29) is 30.0 Å². The molecule has 0 bridgehead atoms. The standard InChI is InChI=1S/C11H17N3O6S/c1-3-20-10(15)5-4-8(11(16)17)14-21(18,19)9-6-12-13-7(9)2/h6,8,14H,3-5H2,1-2H3,(H,12,13)(H,16,17)/t8-/m0/s1. The van der Waals surface area contributed by atoms with Gasteiger partial charge in [-0.05, 0) is 20.3 Å². The normalized spacial score (nSPS) is 12.9. The average Bonchev–Trinajstić information content (AvgIpc) is 2.81. The van der Waals surface area contributed by atoms with Crippen LogP contribution in [0.4, 0.5) is 0 Å². The van der Waals surface area contributed by atoms with Crippen molar-refractivity contribution in [2.45, 2.75) is 37.6 Å². The molecule has 0 aliphatic carbocycles. The highest BCUT2D eigenvalue weighted by Crippen LogP contribution is 2.13. The molecule has 1 rings (SSSR count). The second-order valence-corrected chi connectivity index (χ2v) is 5.90. The monoisotopic (exact) mass is 319 g/mol. The van der Waals surface area contributed by atoms with E-state index in [9.17, 15) is 18.0 Å². The number of sulfonamides is 1. The summed E-state index contributed by atoms with van der Waals surface area (Å²) in [7, 11) is -4.03. The maximum absolute atomic E-state index is 12.0. The Balaban J connectivity index is 2.77. The van der Waals surface area contributed by atoms with Gasteiger partial charge < -0.3 is 9.84 Å². The first-order chi connectivity index (χ1) is 9.77. The number of esters is 1. The lowest BCUT2D eigenvalue weighted by Gasteiger charge is -2.14. The quantitative estimate of drug-likeness (QED) is 0.563. The second-order valence-electron chi connectivity index (χ2n) is 4.22. The third-order valence-corrected chi connectivity index (χ3v) is 4.20. The molecule has 0 fully saturated rings. The van der Waals surface area contributed by atoms with E-state index in [1.54, 1.807) is 6.92 Å². The van der Waals surface area contributed by atoms with Crippen LogP contribution in [0.15, 0.2) is 11.1 Å². The second kappa shape index (κ2) is 7.18. The van der Waals surface area contributed by atoms with E-state index in [2.05, 4.69) is 14.9 Å². The summed E-state index contributed by atoms with van der Waals surface area (Å²) in [6.07, 6.45) is 0.684. The van der Waals surface area contributed by atoms with Gasteiger partial charge in [0.1, 0.15) is 10.9 Å². The maximum atomic E-state index is 12.0. The fourth-order valence-electron chi connectivity index (χ4n) is 1.59. The summed E-state index contributed by atoms with van der Waals surface area (Å²) in [5.41, 5.74) is 0.289. The van der Waals surface area contributed by atoms with Gasteiger partial charge in [0, 0.05) is 6.42 Å². The number of aromatic amines is 1. The van der Waals surface area contributed by atoms with E-state index < -0.39 is 28.0 Å². The zero-order valence-electron chi connectivity index (χ0n) is 11.6. The van der Waals surface area contributed by atoms with Gasteiger partial charge in [0.2, 0.25) is 10.0 Å². The Bertz CT molecular complexity index is 609. The number of H-pyrrole nitrogens is 1. The summed E-state index contributed by atoms with van der Waals surface area (Å²) in [5, 5.41) is 15.1. The van der Waals surface area contributed by atoms with Crippen molar-refractivity contribution in [2.24, 2.45) is 0 Å². The number of carboxylic acids is 1.